The van der Waals surface area contributed by atoms with Crippen molar-refractivity contribution in [1.29, 1.82) is 0 Å². The lowest BCUT2D eigenvalue weighted by molar-refractivity contribution is 0.0592. The molecule has 0 bridgehead atoms. The van der Waals surface area contributed by atoms with E-state index in [1.165, 1.54) is 25.7 Å². The highest BCUT2D eigenvalue weighted by Crippen LogP contribution is 2.33. The Morgan fingerprint density at radius 1 is 1.36 bits per heavy atom. The predicted octanol–water partition coefficient (Wildman–Crippen LogP) is 2.58. The third-order valence-corrected chi connectivity index (χ3v) is 2.74. The molecular formula is C12H25NO. The van der Waals surface area contributed by atoms with Gasteiger partial charge in [-0.05, 0) is 39.2 Å². The zero-order valence-corrected chi connectivity index (χ0v) is 9.88. The molecule has 2 heteroatoms. The Hall–Kier alpha value is -0.0800. The first kappa shape index (κ1) is 12.0. The van der Waals surface area contributed by atoms with Crippen LogP contribution in [0.5, 0.6) is 0 Å². The fourth-order valence-corrected chi connectivity index (χ4v) is 1.69. The Balaban J connectivity index is 2.08. The monoisotopic (exact) mass is 199 g/mol. The summed E-state index contributed by atoms with van der Waals surface area (Å²) in [6.07, 6.45) is 5.95. The first-order chi connectivity index (χ1) is 6.72. The van der Waals surface area contributed by atoms with Crippen LogP contribution < -0.4 is 5.32 Å². The van der Waals surface area contributed by atoms with Gasteiger partial charge >= 0.3 is 0 Å². The lowest BCUT2D eigenvalue weighted by Crippen LogP contribution is -2.34. The van der Waals surface area contributed by atoms with Gasteiger partial charge in [-0.1, -0.05) is 19.8 Å². The molecule has 14 heavy (non-hydrogen) atoms. The molecule has 0 amide bonds. The van der Waals surface area contributed by atoms with E-state index < -0.39 is 0 Å². The highest BCUT2D eigenvalue weighted by atomic mass is 16.5. The van der Waals surface area contributed by atoms with Crippen molar-refractivity contribution >= 4 is 0 Å². The average Bonchev–Trinajstić information content (AvgIpc) is 2.93. The van der Waals surface area contributed by atoms with Gasteiger partial charge in [-0.3, -0.25) is 0 Å². The standard InChI is InChI=1S/C12H25NO/c1-4-13-12(9-14-10(2)3)8-7-11-5-6-11/h10-13H,4-9H2,1-3H3. The molecule has 0 spiro atoms. The number of ether oxygens (including phenoxy) is 1. The SMILES string of the molecule is CCNC(CCC1CC1)COC(C)C. The van der Waals surface area contributed by atoms with Gasteiger partial charge in [0.05, 0.1) is 12.7 Å². The normalized spacial score (nSPS) is 18.9. The van der Waals surface area contributed by atoms with Gasteiger partial charge in [-0.2, -0.15) is 0 Å². The summed E-state index contributed by atoms with van der Waals surface area (Å²) in [5, 5.41) is 3.50. The van der Waals surface area contributed by atoms with Gasteiger partial charge < -0.3 is 10.1 Å². The molecule has 1 fully saturated rings. The van der Waals surface area contributed by atoms with Crippen LogP contribution in [-0.2, 0) is 4.74 Å². The molecule has 1 N–H and O–H groups in total. The highest BCUT2D eigenvalue weighted by molar-refractivity contribution is 4.76. The number of likely N-dealkylation sites (N-methyl/N-ethyl adjacent to an activating group) is 1. The quantitative estimate of drug-likeness (QED) is 0.649. The molecule has 0 saturated heterocycles. The van der Waals surface area contributed by atoms with Crippen LogP contribution in [0.1, 0.15) is 46.5 Å². The first-order valence-corrected chi connectivity index (χ1v) is 6.07. The minimum Gasteiger partial charge on any atom is -0.377 e. The molecule has 0 aliphatic heterocycles. The molecule has 1 rings (SSSR count). The average molecular weight is 199 g/mol. The van der Waals surface area contributed by atoms with Crippen molar-refractivity contribution in [3.05, 3.63) is 0 Å². The first-order valence-electron chi connectivity index (χ1n) is 6.07. The van der Waals surface area contributed by atoms with Crippen LogP contribution in [0.2, 0.25) is 0 Å². The van der Waals surface area contributed by atoms with Crippen LogP contribution in [0, 0.1) is 5.92 Å². The highest BCUT2D eigenvalue weighted by Gasteiger charge is 2.22. The van der Waals surface area contributed by atoms with Crippen molar-refractivity contribution in [2.75, 3.05) is 13.2 Å². The largest absolute Gasteiger partial charge is 0.377 e. The van der Waals surface area contributed by atoms with Gasteiger partial charge in [-0.15, -0.1) is 0 Å². The van der Waals surface area contributed by atoms with Gasteiger partial charge in [0.1, 0.15) is 0 Å². The zero-order valence-electron chi connectivity index (χ0n) is 9.88. The molecule has 0 aromatic rings. The summed E-state index contributed by atoms with van der Waals surface area (Å²) in [6.45, 7) is 8.29. The van der Waals surface area contributed by atoms with E-state index in [1.54, 1.807) is 0 Å². The molecule has 1 unspecified atom stereocenters. The third-order valence-electron chi connectivity index (χ3n) is 2.74. The van der Waals surface area contributed by atoms with E-state index in [-0.39, 0.29) is 0 Å². The Bertz CT molecular complexity index is 137. The number of rotatable bonds is 8. The molecule has 0 aromatic heterocycles. The van der Waals surface area contributed by atoms with Crippen LogP contribution in [0.15, 0.2) is 0 Å². The summed E-state index contributed by atoms with van der Waals surface area (Å²) < 4.78 is 5.65. The molecule has 2 nitrogen and oxygen atoms in total. The van der Waals surface area contributed by atoms with Gasteiger partial charge in [-0.25, -0.2) is 0 Å². The summed E-state index contributed by atoms with van der Waals surface area (Å²) in [6, 6.07) is 0.572. The second-order valence-electron chi connectivity index (χ2n) is 4.66. The van der Waals surface area contributed by atoms with Gasteiger partial charge in [0.2, 0.25) is 0 Å². The molecule has 1 aliphatic carbocycles. The molecule has 1 aliphatic rings. The molecule has 0 heterocycles. The van der Waals surface area contributed by atoms with Crippen LogP contribution in [0.3, 0.4) is 0 Å². The van der Waals surface area contributed by atoms with Crippen molar-refractivity contribution in [1.82, 2.24) is 5.32 Å². The van der Waals surface area contributed by atoms with E-state index in [9.17, 15) is 0 Å². The second kappa shape index (κ2) is 6.41. The zero-order chi connectivity index (χ0) is 10.4. The molecule has 1 atom stereocenters. The summed E-state index contributed by atoms with van der Waals surface area (Å²) in [5.74, 6) is 1.04. The summed E-state index contributed by atoms with van der Waals surface area (Å²) >= 11 is 0. The van der Waals surface area contributed by atoms with E-state index >= 15 is 0 Å². The Morgan fingerprint density at radius 3 is 2.57 bits per heavy atom. The maximum absolute atomic E-state index is 5.65. The Morgan fingerprint density at radius 2 is 2.07 bits per heavy atom. The number of hydrogen-bond donors (Lipinski definition) is 1. The third kappa shape index (κ3) is 5.61. The van der Waals surface area contributed by atoms with Crippen LogP contribution in [0.4, 0.5) is 0 Å². The molecule has 84 valence electrons. The van der Waals surface area contributed by atoms with Gasteiger partial charge in [0.25, 0.3) is 0 Å². The Labute approximate surface area is 88.4 Å². The second-order valence-corrected chi connectivity index (χ2v) is 4.66. The van der Waals surface area contributed by atoms with Gasteiger partial charge in [0.15, 0.2) is 0 Å². The predicted molar refractivity (Wildman–Crippen MR) is 60.5 cm³/mol. The van der Waals surface area contributed by atoms with Crippen LogP contribution in [0.25, 0.3) is 0 Å². The minimum atomic E-state index is 0.358. The van der Waals surface area contributed by atoms with Gasteiger partial charge in [0, 0.05) is 6.04 Å². The van der Waals surface area contributed by atoms with E-state index in [0.717, 1.165) is 19.1 Å². The van der Waals surface area contributed by atoms with Crippen molar-refractivity contribution < 1.29 is 4.74 Å². The molecular weight excluding hydrogens is 174 g/mol. The van der Waals surface area contributed by atoms with E-state index in [0.29, 0.717) is 12.1 Å². The van der Waals surface area contributed by atoms with E-state index in [1.807, 2.05) is 0 Å². The molecule has 0 aromatic carbocycles. The lowest BCUT2D eigenvalue weighted by atomic mass is 10.1. The summed E-state index contributed by atoms with van der Waals surface area (Å²) in [4.78, 5) is 0. The number of nitrogens with one attached hydrogen (secondary N) is 1. The summed E-state index contributed by atoms with van der Waals surface area (Å²) in [7, 11) is 0. The van der Waals surface area contributed by atoms with Crippen molar-refractivity contribution in [2.45, 2.75) is 58.6 Å². The maximum atomic E-state index is 5.65. The van der Waals surface area contributed by atoms with E-state index in [4.69, 9.17) is 4.74 Å². The van der Waals surface area contributed by atoms with Crippen molar-refractivity contribution in [2.24, 2.45) is 5.92 Å². The number of hydrogen-bond acceptors (Lipinski definition) is 2. The smallest absolute Gasteiger partial charge is 0.0623 e. The van der Waals surface area contributed by atoms with Crippen LogP contribution >= 0.6 is 0 Å². The molecule has 1 saturated carbocycles. The van der Waals surface area contributed by atoms with E-state index in [2.05, 4.69) is 26.1 Å². The van der Waals surface area contributed by atoms with Crippen molar-refractivity contribution in [3.8, 4) is 0 Å². The topological polar surface area (TPSA) is 21.3 Å². The maximum Gasteiger partial charge on any atom is 0.0623 e. The Kier molecular flexibility index (Phi) is 5.49. The van der Waals surface area contributed by atoms with Crippen molar-refractivity contribution in [3.63, 3.8) is 0 Å². The van der Waals surface area contributed by atoms with Crippen LogP contribution in [-0.4, -0.2) is 25.3 Å². The fraction of sp³-hybridized carbons (Fsp3) is 1.00. The molecule has 0 radical (unpaired) electrons. The minimum absolute atomic E-state index is 0.358. The summed E-state index contributed by atoms with van der Waals surface area (Å²) in [5.41, 5.74) is 0. The fourth-order valence-electron chi connectivity index (χ4n) is 1.69. The lowest BCUT2D eigenvalue weighted by Gasteiger charge is -2.19.